The summed E-state index contributed by atoms with van der Waals surface area (Å²) in [5.74, 6) is 1.50. The Labute approximate surface area is 213 Å². The van der Waals surface area contributed by atoms with Crippen LogP contribution in [0.2, 0.25) is 0 Å². The zero-order chi connectivity index (χ0) is 25.9. The summed E-state index contributed by atoms with van der Waals surface area (Å²) in [5, 5.41) is 2.93. The van der Waals surface area contributed by atoms with Crippen LogP contribution in [0.3, 0.4) is 0 Å². The number of rotatable bonds is 12. The highest BCUT2D eigenvalue weighted by atomic mass is 16.5. The number of nitrogens with one attached hydrogen (secondary N) is 1. The molecule has 7 nitrogen and oxygen atoms in total. The molecule has 0 unspecified atom stereocenters. The molecule has 0 radical (unpaired) electrons. The van der Waals surface area contributed by atoms with E-state index in [1.807, 2.05) is 54.6 Å². The van der Waals surface area contributed by atoms with E-state index in [2.05, 4.69) is 24.1 Å². The first-order valence-corrected chi connectivity index (χ1v) is 12.2. The van der Waals surface area contributed by atoms with Gasteiger partial charge in [0.2, 0.25) is 0 Å². The maximum atomic E-state index is 13.1. The minimum Gasteiger partial charge on any atom is -0.496 e. The summed E-state index contributed by atoms with van der Waals surface area (Å²) < 4.78 is 11.3. The predicted molar refractivity (Wildman–Crippen MR) is 142 cm³/mol. The molecule has 7 heteroatoms. The average Bonchev–Trinajstić information content (AvgIpc) is 2.91. The Morgan fingerprint density at radius 3 is 2.19 bits per heavy atom. The Kier molecular flexibility index (Phi) is 9.89. The van der Waals surface area contributed by atoms with Crippen LogP contribution < -0.4 is 14.8 Å². The van der Waals surface area contributed by atoms with Gasteiger partial charge >= 0.3 is 0 Å². The Bertz CT molecular complexity index is 1130. The van der Waals surface area contributed by atoms with Crippen molar-refractivity contribution in [2.45, 2.75) is 20.4 Å². The fraction of sp³-hybridized carbons (Fsp3) is 0.310. The summed E-state index contributed by atoms with van der Waals surface area (Å²) in [6, 6.07) is 22.2. The van der Waals surface area contributed by atoms with Crippen LogP contribution in [0, 0.1) is 0 Å². The van der Waals surface area contributed by atoms with Gasteiger partial charge in [0.25, 0.3) is 11.8 Å². The molecule has 3 aromatic carbocycles. The molecule has 0 fully saturated rings. The van der Waals surface area contributed by atoms with Gasteiger partial charge in [0, 0.05) is 32.2 Å². The number of hydrogen-bond acceptors (Lipinski definition) is 5. The van der Waals surface area contributed by atoms with Crippen LogP contribution in [0.4, 0.5) is 0 Å². The van der Waals surface area contributed by atoms with E-state index in [1.165, 1.54) is 7.11 Å². The number of ether oxygens (including phenoxy) is 2. The Morgan fingerprint density at radius 2 is 1.56 bits per heavy atom. The maximum absolute atomic E-state index is 13.1. The Hall–Kier alpha value is -3.84. The van der Waals surface area contributed by atoms with Crippen LogP contribution in [0.5, 0.6) is 17.2 Å². The lowest BCUT2D eigenvalue weighted by atomic mass is 10.1. The third-order valence-electron chi connectivity index (χ3n) is 5.97. The van der Waals surface area contributed by atoms with Crippen molar-refractivity contribution in [3.63, 3.8) is 0 Å². The van der Waals surface area contributed by atoms with Gasteiger partial charge in [-0.3, -0.25) is 9.59 Å². The fourth-order valence-electron chi connectivity index (χ4n) is 3.83. The number of carbonyl (C=O) groups excluding carboxylic acids is 2. The first-order valence-electron chi connectivity index (χ1n) is 12.2. The molecule has 36 heavy (non-hydrogen) atoms. The van der Waals surface area contributed by atoms with Crippen molar-refractivity contribution in [1.29, 1.82) is 0 Å². The lowest BCUT2D eigenvalue weighted by Gasteiger charge is -2.19. The average molecular weight is 490 g/mol. The molecule has 1 N–H and O–H groups in total. The number of likely N-dealkylation sites (N-methyl/N-ethyl adjacent to an activating group) is 1. The third-order valence-corrected chi connectivity index (χ3v) is 5.97. The summed E-state index contributed by atoms with van der Waals surface area (Å²) in [7, 11) is 3.25. The second kappa shape index (κ2) is 13.3. The first kappa shape index (κ1) is 26.8. The molecule has 0 saturated heterocycles. The molecular weight excluding hydrogens is 454 g/mol. The van der Waals surface area contributed by atoms with E-state index in [4.69, 9.17) is 9.47 Å². The molecule has 190 valence electrons. The van der Waals surface area contributed by atoms with E-state index < -0.39 is 0 Å². The number of carbonyl (C=O) groups is 2. The molecule has 0 aromatic heterocycles. The van der Waals surface area contributed by atoms with Crippen molar-refractivity contribution in [2.75, 3.05) is 40.3 Å². The van der Waals surface area contributed by atoms with E-state index in [9.17, 15) is 9.59 Å². The van der Waals surface area contributed by atoms with Gasteiger partial charge in [-0.25, -0.2) is 0 Å². The molecule has 0 bridgehead atoms. The minimum absolute atomic E-state index is 0.161. The normalized spacial score (nSPS) is 10.7. The number of benzene rings is 3. The standard InChI is InChI=1S/C29H35N3O4/c1-5-32(6-2)19-18-30-28(33)26-17-14-23(20-27(26)35-4)29(34)31(3)21-22-12-15-25(16-13-22)36-24-10-8-7-9-11-24/h7-17,20H,5-6,18-19,21H2,1-4H3,(H,30,33). The molecule has 0 heterocycles. The molecule has 2 amide bonds. The summed E-state index contributed by atoms with van der Waals surface area (Å²) >= 11 is 0. The van der Waals surface area contributed by atoms with E-state index in [1.54, 1.807) is 30.1 Å². The largest absolute Gasteiger partial charge is 0.496 e. The van der Waals surface area contributed by atoms with Crippen LogP contribution >= 0.6 is 0 Å². The van der Waals surface area contributed by atoms with Crippen LogP contribution in [-0.4, -0.2) is 62.0 Å². The van der Waals surface area contributed by atoms with Crippen LogP contribution in [0.1, 0.15) is 40.1 Å². The molecule has 3 rings (SSSR count). The van der Waals surface area contributed by atoms with Crippen molar-refractivity contribution in [2.24, 2.45) is 0 Å². The monoisotopic (exact) mass is 489 g/mol. The highest BCUT2D eigenvalue weighted by molar-refractivity contribution is 6.00. The quantitative estimate of drug-likeness (QED) is 0.395. The van der Waals surface area contributed by atoms with Crippen LogP contribution in [0.25, 0.3) is 0 Å². The SMILES string of the molecule is CCN(CC)CCNC(=O)c1ccc(C(=O)N(C)Cc2ccc(Oc3ccccc3)cc2)cc1OC. The van der Waals surface area contributed by atoms with E-state index in [-0.39, 0.29) is 11.8 Å². The molecule has 0 aliphatic heterocycles. The minimum atomic E-state index is -0.218. The van der Waals surface area contributed by atoms with Gasteiger partial charge in [0.05, 0.1) is 12.7 Å². The van der Waals surface area contributed by atoms with Gasteiger partial charge in [-0.2, -0.15) is 0 Å². The van der Waals surface area contributed by atoms with Crippen LogP contribution in [0.15, 0.2) is 72.8 Å². The zero-order valence-electron chi connectivity index (χ0n) is 21.5. The van der Waals surface area contributed by atoms with Crippen molar-refractivity contribution in [3.05, 3.63) is 89.5 Å². The molecule has 3 aromatic rings. The summed E-state index contributed by atoms with van der Waals surface area (Å²) in [6.45, 7) is 7.81. The van der Waals surface area contributed by atoms with E-state index in [0.29, 0.717) is 30.0 Å². The zero-order valence-corrected chi connectivity index (χ0v) is 21.5. The van der Waals surface area contributed by atoms with Crippen molar-refractivity contribution < 1.29 is 19.1 Å². The number of methoxy groups -OCH3 is 1. The molecule has 0 aliphatic rings. The summed E-state index contributed by atoms with van der Waals surface area (Å²) in [6.07, 6.45) is 0. The molecule has 0 atom stereocenters. The molecule has 0 spiro atoms. The van der Waals surface area contributed by atoms with Gasteiger partial charge in [-0.05, 0) is 61.1 Å². The number of hydrogen-bond donors (Lipinski definition) is 1. The van der Waals surface area contributed by atoms with Gasteiger partial charge in [0.15, 0.2) is 0 Å². The fourth-order valence-corrected chi connectivity index (χ4v) is 3.83. The van der Waals surface area contributed by atoms with Crippen molar-refractivity contribution >= 4 is 11.8 Å². The van der Waals surface area contributed by atoms with Crippen LogP contribution in [-0.2, 0) is 6.54 Å². The molecular formula is C29H35N3O4. The summed E-state index contributed by atoms with van der Waals surface area (Å²) in [4.78, 5) is 29.6. The lowest BCUT2D eigenvalue weighted by molar-refractivity contribution is 0.0783. The smallest absolute Gasteiger partial charge is 0.255 e. The number of nitrogens with zero attached hydrogens (tertiary/aromatic N) is 2. The van der Waals surface area contributed by atoms with E-state index >= 15 is 0 Å². The molecule has 0 saturated carbocycles. The Morgan fingerprint density at radius 1 is 0.889 bits per heavy atom. The maximum Gasteiger partial charge on any atom is 0.255 e. The van der Waals surface area contributed by atoms with Gasteiger partial charge in [-0.1, -0.05) is 44.2 Å². The highest BCUT2D eigenvalue weighted by Gasteiger charge is 2.18. The lowest BCUT2D eigenvalue weighted by Crippen LogP contribution is -2.35. The topological polar surface area (TPSA) is 71.1 Å². The van der Waals surface area contributed by atoms with Gasteiger partial charge in [-0.15, -0.1) is 0 Å². The molecule has 0 aliphatic carbocycles. The van der Waals surface area contributed by atoms with E-state index in [0.717, 1.165) is 36.7 Å². The predicted octanol–water partition coefficient (Wildman–Crippen LogP) is 4.83. The first-order chi connectivity index (χ1) is 17.4. The van der Waals surface area contributed by atoms with Gasteiger partial charge < -0.3 is 24.6 Å². The van der Waals surface area contributed by atoms with Crippen molar-refractivity contribution in [3.8, 4) is 17.2 Å². The third kappa shape index (κ3) is 7.33. The number of amides is 2. The highest BCUT2D eigenvalue weighted by Crippen LogP contribution is 2.23. The van der Waals surface area contributed by atoms with Crippen molar-refractivity contribution in [1.82, 2.24) is 15.1 Å². The second-order valence-corrected chi connectivity index (χ2v) is 8.42. The summed E-state index contributed by atoms with van der Waals surface area (Å²) in [5.41, 5.74) is 1.84. The second-order valence-electron chi connectivity index (χ2n) is 8.42. The Balaban J connectivity index is 1.60. The van der Waals surface area contributed by atoms with Gasteiger partial charge in [0.1, 0.15) is 17.2 Å². The number of para-hydroxylation sites is 1.